The fourth-order valence-corrected chi connectivity index (χ4v) is 1.54. The van der Waals surface area contributed by atoms with Crippen LogP contribution in [0.3, 0.4) is 0 Å². The van der Waals surface area contributed by atoms with Crippen LogP contribution in [0.25, 0.3) is 0 Å². The zero-order valence-corrected chi connectivity index (χ0v) is 9.81. The lowest BCUT2D eigenvalue weighted by atomic mass is 10.2. The molecule has 0 N–H and O–H groups in total. The Hall–Kier alpha value is -1.48. The number of aromatic nitrogens is 2. The van der Waals surface area contributed by atoms with Gasteiger partial charge in [-0.3, -0.25) is 0 Å². The number of nitrogens with zero attached hydrogens (tertiary/aromatic N) is 2. The number of ether oxygens (including phenoxy) is 1. The summed E-state index contributed by atoms with van der Waals surface area (Å²) < 4.78 is 7.54. The van der Waals surface area contributed by atoms with Crippen LogP contribution in [-0.4, -0.2) is 9.55 Å². The zero-order valence-electron chi connectivity index (χ0n) is 9.06. The third-order valence-electron chi connectivity index (χ3n) is 2.37. The van der Waals surface area contributed by atoms with Gasteiger partial charge >= 0.3 is 0 Å². The van der Waals surface area contributed by atoms with E-state index >= 15 is 0 Å². The van der Waals surface area contributed by atoms with Crippen LogP contribution >= 0.6 is 11.6 Å². The minimum Gasteiger partial charge on any atom is -0.486 e. The van der Waals surface area contributed by atoms with Crippen molar-refractivity contribution in [1.29, 1.82) is 0 Å². The van der Waals surface area contributed by atoms with Gasteiger partial charge in [0.1, 0.15) is 18.2 Å². The first kappa shape index (κ1) is 11.0. The van der Waals surface area contributed by atoms with Crippen molar-refractivity contribution in [3.8, 4) is 5.75 Å². The predicted molar refractivity (Wildman–Crippen MR) is 63.5 cm³/mol. The number of hydrogen-bond acceptors (Lipinski definition) is 2. The second kappa shape index (κ2) is 5.03. The largest absolute Gasteiger partial charge is 0.486 e. The molecule has 0 amide bonds. The molecule has 1 heterocycles. The van der Waals surface area contributed by atoms with Crippen LogP contribution in [0.2, 0.25) is 0 Å². The van der Waals surface area contributed by atoms with E-state index < -0.39 is 0 Å². The molecule has 0 fully saturated rings. The van der Waals surface area contributed by atoms with Gasteiger partial charge in [0.2, 0.25) is 0 Å². The molecule has 0 radical (unpaired) electrons. The average molecular weight is 237 g/mol. The highest BCUT2D eigenvalue weighted by molar-refractivity contribution is 6.17. The van der Waals surface area contributed by atoms with E-state index in [-0.39, 0.29) is 0 Å². The molecule has 4 heteroatoms. The molecule has 0 aliphatic rings. The molecule has 2 aromatic rings. The molecule has 2 rings (SSSR count). The second-order valence-electron chi connectivity index (χ2n) is 3.52. The maximum atomic E-state index is 5.70. The minimum absolute atomic E-state index is 0.476. The molecule has 0 saturated heterocycles. The normalized spacial score (nSPS) is 10.4. The summed E-state index contributed by atoms with van der Waals surface area (Å²) >= 11 is 5.70. The van der Waals surface area contributed by atoms with Crippen LogP contribution in [0, 0.1) is 0 Å². The van der Waals surface area contributed by atoms with Crippen molar-refractivity contribution >= 4 is 11.6 Å². The van der Waals surface area contributed by atoms with Gasteiger partial charge in [-0.2, -0.15) is 0 Å². The van der Waals surface area contributed by atoms with Crippen molar-refractivity contribution in [3.63, 3.8) is 0 Å². The average Bonchev–Trinajstić information content (AvgIpc) is 2.73. The topological polar surface area (TPSA) is 27.1 Å². The summed E-state index contributed by atoms with van der Waals surface area (Å²) in [4.78, 5) is 4.18. The van der Waals surface area contributed by atoms with Crippen LogP contribution in [0.5, 0.6) is 5.75 Å². The van der Waals surface area contributed by atoms with Gasteiger partial charge in [-0.05, 0) is 17.7 Å². The van der Waals surface area contributed by atoms with Crippen LogP contribution in [-0.2, 0) is 19.5 Å². The Balaban J connectivity index is 1.97. The highest BCUT2D eigenvalue weighted by Gasteiger charge is 2.00. The zero-order chi connectivity index (χ0) is 11.4. The van der Waals surface area contributed by atoms with Gasteiger partial charge in [0, 0.05) is 25.3 Å². The van der Waals surface area contributed by atoms with Gasteiger partial charge in [-0.15, -0.1) is 11.6 Å². The van der Waals surface area contributed by atoms with Crippen molar-refractivity contribution < 1.29 is 4.74 Å². The molecule has 0 aliphatic carbocycles. The molecular formula is C12H13ClN2O. The molecule has 1 aromatic heterocycles. The fraction of sp³-hybridized carbons (Fsp3) is 0.250. The summed E-state index contributed by atoms with van der Waals surface area (Å²) in [6, 6.07) is 7.75. The molecule has 0 saturated carbocycles. The highest BCUT2D eigenvalue weighted by Crippen LogP contribution is 2.14. The van der Waals surface area contributed by atoms with Gasteiger partial charge < -0.3 is 9.30 Å². The van der Waals surface area contributed by atoms with Crippen molar-refractivity contribution in [1.82, 2.24) is 9.55 Å². The first-order chi connectivity index (χ1) is 7.79. The van der Waals surface area contributed by atoms with Gasteiger partial charge in [0.05, 0.1) is 0 Å². The Kier molecular flexibility index (Phi) is 3.47. The molecule has 1 aromatic carbocycles. The second-order valence-corrected chi connectivity index (χ2v) is 3.79. The molecule has 0 unspecified atom stereocenters. The lowest BCUT2D eigenvalue weighted by molar-refractivity contribution is 0.292. The molecule has 3 nitrogen and oxygen atoms in total. The Morgan fingerprint density at radius 3 is 2.62 bits per heavy atom. The van der Waals surface area contributed by atoms with Gasteiger partial charge in [-0.1, -0.05) is 12.1 Å². The number of benzene rings is 1. The van der Waals surface area contributed by atoms with E-state index in [1.165, 1.54) is 0 Å². The predicted octanol–water partition coefficient (Wildman–Crippen LogP) is 2.74. The van der Waals surface area contributed by atoms with E-state index in [4.69, 9.17) is 16.3 Å². The summed E-state index contributed by atoms with van der Waals surface area (Å²) in [5.41, 5.74) is 1.09. The summed E-state index contributed by atoms with van der Waals surface area (Å²) in [5.74, 6) is 2.26. The third kappa shape index (κ3) is 2.55. The summed E-state index contributed by atoms with van der Waals surface area (Å²) in [5, 5.41) is 0. The smallest absolute Gasteiger partial charge is 0.146 e. The maximum Gasteiger partial charge on any atom is 0.146 e. The third-order valence-corrected chi connectivity index (χ3v) is 2.68. The number of aryl methyl sites for hydroxylation is 1. The molecular weight excluding hydrogens is 224 g/mol. The SMILES string of the molecule is Cn1ccnc1COc1ccc(CCl)cc1. The molecule has 84 valence electrons. The van der Waals surface area contributed by atoms with E-state index in [0.717, 1.165) is 17.1 Å². The number of rotatable bonds is 4. The van der Waals surface area contributed by atoms with E-state index in [9.17, 15) is 0 Å². The van der Waals surface area contributed by atoms with Crippen LogP contribution in [0.15, 0.2) is 36.7 Å². The highest BCUT2D eigenvalue weighted by atomic mass is 35.5. The van der Waals surface area contributed by atoms with E-state index in [1.807, 2.05) is 42.1 Å². The maximum absolute atomic E-state index is 5.70. The van der Waals surface area contributed by atoms with E-state index in [2.05, 4.69) is 4.98 Å². The molecule has 16 heavy (non-hydrogen) atoms. The van der Waals surface area contributed by atoms with Gasteiger partial charge in [-0.25, -0.2) is 4.98 Å². The van der Waals surface area contributed by atoms with E-state index in [0.29, 0.717) is 12.5 Å². The quantitative estimate of drug-likeness (QED) is 0.764. The number of imidazole rings is 1. The summed E-state index contributed by atoms with van der Waals surface area (Å²) in [6.07, 6.45) is 3.66. The minimum atomic E-state index is 0.476. The van der Waals surface area contributed by atoms with Crippen molar-refractivity contribution in [3.05, 3.63) is 48.0 Å². The van der Waals surface area contributed by atoms with Crippen LogP contribution in [0.1, 0.15) is 11.4 Å². The summed E-state index contributed by atoms with van der Waals surface area (Å²) in [7, 11) is 1.95. The summed E-state index contributed by atoms with van der Waals surface area (Å²) in [6.45, 7) is 0.476. The molecule has 0 atom stereocenters. The van der Waals surface area contributed by atoms with Gasteiger partial charge in [0.25, 0.3) is 0 Å². The molecule has 0 spiro atoms. The first-order valence-corrected chi connectivity index (χ1v) is 5.57. The Morgan fingerprint density at radius 2 is 2.06 bits per heavy atom. The number of hydrogen-bond donors (Lipinski definition) is 0. The van der Waals surface area contributed by atoms with Crippen molar-refractivity contribution in [2.45, 2.75) is 12.5 Å². The fourth-order valence-electron chi connectivity index (χ4n) is 1.36. The number of alkyl halides is 1. The standard InChI is InChI=1S/C12H13ClN2O/c1-15-7-6-14-12(15)9-16-11-4-2-10(8-13)3-5-11/h2-7H,8-9H2,1H3. The lowest BCUT2D eigenvalue weighted by Crippen LogP contribution is -2.02. The lowest BCUT2D eigenvalue weighted by Gasteiger charge is -2.06. The molecule has 0 aliphatic heterocycles. The monoisotopic (exact) mass is 236 g/mol. The van der Waals surface area contributed by atoms with Crippen LogP contribution in [0.4, 0.5) is 0 Å². The van der Waals surface area contributed by atoms with E-state index in [1.54, 1.807) is 6.20 Å². The number of halogens is 1. The molecule has 0 bridgehead atoms. The Morgan fingerprint density at radius 1 is 1.31 bits per heavy atom. The Bertz CT molecular complexity index is 450. The Labute approximate surface area is 99.6 Å². The van der Waals surface area contributed by atoms with Crippen molar-refractivity contribution in [2.75, 3.05) is 0 Å². The van der Waals surface area contributed by atoms with Crippen LogP contribution < -0.4 is 4.74 Å². The van der Waals surface area contributed by atoms with Gasteiger partial charge in [0.15, 0.2) is 0 Å². The first-order valence-electron chi connectivity index (χ1n) is 5.03. The van der Waals surface area contributed by atoms with Crippen molar-refractivity contribution in [2.24, 2.45) is 7.05 Å².